The molecule has 6 heteroatoms. The molecular weight excluding hydrogens is 290 g/mol. The molecule has 0 spiro atoms. The third-order valence-electron chi connectivity index (χ3n) is 3.35. The van der Waals surface area contributed by atoms with Gasteiger partial charge in [-0.1, -0.05) is 25.1 Å². The van der Waals surface area contributed by atoms with Gasteiger partial charge >= 0.3 is 5.97 Å². The van der Waals surface area contributed by atoms with Crippen molar-refractivity contribution in [3.05, 3.63) is 29.8 Å². The molecule has 2 rings (SSSR count). The molecule has 5 nitrogen and oxygen atoms in total. The zero-order valence-electron chi connectivity index (χ0n) is 11.7. The highest BCUT2D eigenvalue weighted by molar-refractivity contribution is 8.00. The quantitative estimate of drug-likeness (QED) is 0.815. The number of benzene rings is 1. The Balaban J connectivity index is 2.13. The molecule has 1 aromatic carbocycles. The van der Waals surface area contributed by atoms with E-state index in [9.17, 15) is 14.4 Å². The molecule has 1 heterocycles. The van der Waals surface area contributed by atoms with Crippen LogP contribution in [0.25, 0.3) is 0 Å². The number of thioether (sulfide) groups is 1. The van der Waals surface area contributed by atoms with Crippen molar-refractivity contribution in [3.8, 4) is 0 Å². The van der Waals surface area contributed by atoms with E-state index in [1.807, 2.05) is 19.1 Å². The minimum Gasteiger partial charge on any atom is -0.481 e. The van der Waals surface area contributed by atoms with Crippen LogP contribution in [0.15, 0.2) is 24.3 Å². The monoisotopic (exact) mass is 307 g/mol. The van der Waals surface area contributed by atoms with E-state index >= 15 is 0 Å². The molecule has 1 unspecified atom stereocenters. The zero-order valence-corrected chi connectivity index (χ0v) is 12.6. The van der Waals surface area contributed by atoms with E-state index < -0.39 is 11.2 Å². The van der Waals surface area contributed by atoms with Gasteiger partial charge in [0, 0.05) is 12.2 Å². The van der Waals surface area contributed by atoms with Crippen LogP contribution in [0.3, 0.4) is 0 Å². The molecular formula is C15H17NO4S. The van der Waals surface area contributed by atoms with Crippen LogP contribution in [-0.4, -0.2) is 33.9 Å². The SMILES string of the molecule is CCc1ccccc1N1C(=O)CC(SCCC(=O)O)C1=O. The van der Waals surface area contributed by atoms with Gasteiger partial charge in [0.2, 0.25) is 11.8 Å². The smallest absolute Gasteiger partial charge is 0.304 e. The lowest BCUT2D eigenvalue weighted by Gasteiger charge is -2.18. The average molecular weight is 307 g/mol. The summed E-state index contributed by atoms with van der Waals surface area (Å²) in [5.74, 6) is -1.01. The molecule has 2 amide bonds. The Hall–Kier alpha value is -1.82. The molecule has 1 N–H and O–H groups in total. The largest absolute Gasteiger partial charge is 0.481 e. The van der Waals surface area contributed by atoms with E-state index in [4.69, 9.17) is 5.11 Å². The summed E-state index contributed by atoms with van der Waals surface area (Å²) < 4.78 is 0. The summed E-state index contributed by atoms with van der Waals surface area (Å²) in [4.78, 5) is 36.3. The van der Waals surface area contributed by atoms with Crippen LogP contribution in [-0.2, 0) is 20.8 Å². The van der Waals surface area contributed by atoms with Gasteiger partial charge in [0.05, 0.1) is 17.4 Å². The molecule has 1 aromatic rings. The number of carbonyl (C=O) groups is 3. The summed E-state index contributed by atoms with van der Waals surface area (Å²) in [5.41, 5.74) is 1.60. The van der Waals surface area contributed by atoms with E-state index in [1.54, 1.807) is 12.1 Å². The van der Waals surface area contributed by atoms with E-state index in [2.05, 4.69) is 0 Å². The van der Waals surface area contributed by atoms with Gasteiger partial charge in [-0.3, -0.25) is 14.4 Å². The number of hydrogen-bond acceptors (Lipinski definition) is 4. The molecule has 1 saturated heterocycles. The highest BCUT2D eigenvalue weighted by Gasteiger charge is 2.40. The maximum absolute atomic E-state index is 12.4. The molecule has 0 aliphatic carbocycles. The molecule has 1 aliphatic heterocycles. The van der Waals surface area contributed by atoms with Crippen LogP contribution in [0.4, 0.5) is 5.69 Å². The van der Waals surface area contributed by atoms with Crippen LogP contribution >= 0.6 is 11.8 Å². The Morgan fingerprint density at radius 3 is 2.76 bits per heavy atom. The number of rotatable bonds is 6. The third-order valence-corrected chi connectivity index (χ3v) is 4.56. The fourth-order valence-corrected chi connectivity index (χ4v) is 3.39. The first-order valence-corrected chi connectivity index (χ1v) is 7.87. The van der Waals surface area contributed by atoms with Crippen LogP contribution < -0.4 is 4.90 Å². The standard InChI is InChI=1S/C15H17NO4S/c1-2-10-5-3-4-6-11(10)16-13(17)9-12(15(16)20)21-8-7-14(18)19/h3-6,12H,2,7-9H2,1H3,(H,18,19). The molecule has 0 radical (unpaired) electrons. The molecule has 0 saturated carbocycles. The van der Waals surface area contributed by atoms with Crippen molar-refractivity contribution >= 4 is 35.2 Å². The number of imide groups is 1. The van der Waals surface area contributed by atoms with Crippen molar-refractivity contribution in [1.82, 2.24) is 0 Å². The Morgan fingerprint density at radius 1 is 1.38 bits per heavy atom. The van der Waals surface area contributed by atoms with Gasteiger partial charge in [0.25, 0.3) is 0 Å². The van der Waals surface area contributed by atoms with Gasteiger partial charge < -0.3 is 5.11 Å². The van der Waals surface area contributed by atoms with Gasteiger partial charge in [0.15, 0.2) is 0 Å². The summed E-state index contributed by atoms with van der Waals surface area (Å²) in [7, 11) is 0. The predicted octanol–water partition coefficient (Wildman–Crippen LogP) is 2.09. The van der Waals surface area contributed by atoms with Crippen LogP contribution in [0.2, 0.25) is 0 Å². The van der Waals surface area contributed by atoms with E-state index in [-0.39, 0.29) is 24.7 Å². The number of aliphatic carboxylic acids is 1. The number of amides is 2. The highest BCUT2D eigenvalue weighted by atomic mass is 32.2. The van der Waals surface area contributed by atoms with E-state index in [0.29, 0.717) is 11.4 Å². The number of anilines is 1. The van der Waals surface area contributed by atoms with Crippen molar-refractivity contribution in [3.63, 3.8) is 0 Å². The molecule has 1 atom stereocenters. The third kappa shape index (κ3) is 3.44. The maximum Gasteiger partial charge on any atom is 0.304 e. The lowest BCUT2D eigenvalue weighted by molar-refractivity contribution is -0.136. The summed E-state index contributed by atoms with van der Waals surface area (Å²) >= 11 is 1.24. The molecule has 1 fully saturated rings. The molecule has 112 valence electrons. The number of aryl methyl sites for hydroxylation is 1. The van der Waals surface area contributed by atoms with Gasteiger partial charge in [-0.15, -0.1) is 11.8 Å². The van der Waals surface area contributed by atoms with Gasteiger partial charge in [-0.2, -0.15) is 0 Å². The summed E-state index contributed by atoms with van der Waals surface area (Å²) in [6, 6.07) is 7.37. The minimum absolute atomic E-state index is 0.00577. The number of carboxylic acid groups (broad SMARTS) is 1. The Kier molecular flexibility index (Phi) is 5.01. The second-order valence-electron chi connectivity index (χ2n) is 4.76. The Labute approximate surface area is 127 Å². The molecule has 0 bridgehead atoms. The van der Waals surface area contributed by atoms with E-state index in [1.165, 1.54) is 16.7 Å². The molecule has 21 heavy (non-hydrogen) atoms. The molecule has 0 aromatic heterocycles. The minimum atomic E-state index is -0.896. The summed E-state index contributed by atoms with van der Waals surface area (Å²) in [6.45, 7) is 1.98. The number of carbonyl (C=O) groups excluding carboxylic acids is 2. The lowest BCUT2D eigenvalue weighted by atomic mass is 10.1. The van der Waals surface area contributed by atoms with Crippen LogP contribution in [0.5, 0.6) is 0 Å². The van der Waals surface area contributed by atoms with Crippen molar-refractivity contribution in [2.75, 3.05) is 10.7 Å². The van der Waals surface area contributed by atoms with Crippen LogP contribution in [0.1, 0.15) is 25.3 Å². The highest BCUT2D eigenvalue weighted by Crippen LogP contribution is 2.32. The van der Waals surface area contributed by atoms with Gasteiger partial charge in [-0.25, -0.2) is 4.90 Å². The lowest BCUT2D eigenvalue weighted by Crippen LogP contribution is -2.32. The van der Waals surface area contributed by atoms with Gasteiger partial charge in [-0.05, 0) is 18.1 Å². The van der Waals surface area contributed by atoms with Crippen molar-refractivity contribution in [2.24, 2.45) is 0 Å². The fourth-order valence-electron chi connectivity index (χ4n) is 2.30. The normalized spacial score (nSPS) is 18.3. The predicted molar refractivity (Wildman–Crippen MR) is 81.4 cm³/mol. The Morgan fingerprint density at radius 2 is 2.10 bits per heavy atom. The van der Waals surface area contributed by atoms with Crippen molar-refractivity contribution in [1.29, 1.82) is 0 Å². The first kappa shape index (κ1) is 15.6. The topological polar surface area (TPSA) is 74.7 Å². The number of hydrogen-bond donors (Lipinski definition) is 1. The van der Waals surface area contributed by atoms with Crippen molar-refractivity contribution in [2.45, 2.75) is 31.4 Å². The number of nitrogens with zero attached hydrogens (tertiary/aromatic N) is 1. The first-order chi connectivity index (χ1) is 10.0. The van der Waals surface area contributed by atoms with Gasteiger partial charge in [0.1, 0.15) is 0 Å². The average Bonchev–Trinajstić information content (AvgIpc) is 2.73. The zero-order chi connectivity index (χ0) is 15.4. The second-order valence-corrected chi connectivity index (χ2v) is 6.07. The fraction of sp³-hybridized carbons (Fsp3) is 0.400. The summed E-state index contributed by atoms with van der Waals surface area (Å²) in [5, 5.41) is 8.16. The van der Waals surface area contributed by atoms with Crippen LogP contribution in [0, 0.1) is 0 Å². The first-order valence-electron chi connectivity index (χ1n) is 6.82. The van der Waals surface area contributed by atoms with E-state index in [0.717, 1.165) is 12.0 Å². The summed E-state index contributed by atoms with van der Waals surface area (Å²) in [6.07, 6.45) is 0.874. The second kappa shape index (κ2) is 6.76. The maximum atomic E-state index is 12.4. The van der Waals surface area contributed by atoms with Crippen molar-refractivity contribution < 1.29 is 19.5 Å². The Bertz CT molecular complexity index is 573. The number of para-hydroxylation sites is 1. The molecule has 1 aliphatic rings. The number of carboxylic acids is 1.